The van der Waals surface area contributed by atoms with Crippen LogP contribution in [0.15, 0.2) is 70.7 Å². The Morgan fingerprint density at radius 1 is 1.11 bits per heavy atom. The number of fused-ring (bicyclic) bond motifs is 8. The third-order valence-electron chi connectivity index (χ3n) is 9.10. The summed E-state index contributed by atoms with van der Waals surface area (Å²) in [7, 11) is 1.92. The molecular formula is C36H42FN5O2S2. The minimum absolute atomic E-state index is 0.134. The first kappa shape index (κ1) is 32.6. The fourth-order valence-electron chi connectivity index (χ4n) is 6.46. The van der Waals surface area contributed by atoms with E-state index in [9.17, 15) is 9.63 Å². The molecule has 4 bridgehead atoms. The Hall–Kier alpha value is -3.34. The topological polar surface area (TPSA) is 88.9 Å². The molecule has 1 atom stereocenters. The molecule has 0 spiro atoms. The Morgan fingerprint density at radius 2 is 1.98 bits per heavy atom. The van der Waals surface area contributed by atoms with Crippen molar-refractivity contribution in [1.82, 2.24) is 24.7 Å². The first-order valence-corrected chi connectivity index (χ1v) is 17.9. The maximum Gasteiger partial charge on any atom is 0.188 e. The smallest absolute Gasteiger partial charge is 0.188 e. The van der Waals surface area contributed by atoms with E-state index in [1.807, 2.05) is 41.8 Å². The minimum Gasteiger partial charge on any atom is -0.396 e. The molecule has 6 rings (SSSR count). The summed E-state index contributed by atoms with van der Waals surface area (Å²) in [5, 5.41) is 15.5. The van der Waals surface area contributed by atoms with Crippen LogP contribution in [0.1, 0.15) is 69.0 Å². The van der Waals surface area contributed by atoms with E-state index in [0.717, 1.165) is 82.1 Å². The highest BCUT2D eigenvalue weighted by molar-refractivity contribution is 7.99. The van der Waals surface area contributed by atoms with Gasteiger partial charge < -0.3 is 10.1 Å². The fourth-order valence-corrected chi connectivity index (χ4v) is 8.71. The average molecular weight is 660 g/mol. The molecule has 46 heavy (non-hydrogen) atoms. The molecule has 10 heteroatoms. The van der Waals surface area contributed by atoms with Gasteiger partial charge in [-0.2, -0.15) is 16.9 Å². The van der Waals surface area contributed by atoms with E-state index in [2.05, 4.69) is 61.0 Å². The predicted molar refractivity (Wildman–Crippen MR) is 185 cm³/mol. The maximum absolute atomic E-state index is 14.1. The summed E-state index contributed by atoms with van der Waals surface area (Å²) in [5.41, 5.74) is 4.76. The second-order valence-electron chi connectivity index (χ2n) is 13.2. The number of nitrogens with one attached hydrogen (secondary N) is 1. The normalized spacial score (nSPS) is 18.9. The lowest BCUT2D eigenvalue weighted by Crippen LogP contribution is -2.27. The number of pyridine rings is 1. The van der Waals surface area contributed by atoms with Gasteiger partial charge in [-0.15, -0.1) is 0 Å². The van der Waals surface area contributed by atoms with Crippen molar-refractivity contribution in [2.45, 2.75) is 74.5 Å². The molecule has 0 saturated carbocycles. The maximum atomic E-state index is 14.1. The number of aliphatic hydroxyl groups excluding tert-OH is 1. The summed E-state index contributed by atoms with van der Waals surface area (Å²) < 4.78 is 15.9. The van der Waals surface area contributed by atoms with Crippen molar-refractivity contribution in [3.8, 4) is 17.3 Å². The van der Waals surface area contributed by atoms with Crippen molar-refractivity contribution >= 4 is 34.4 Å². The number of aromatic amines is 1. The number of halogens is 1. The molecule has 2 N–H and O–H groups in total. The number of thioether (sulfide) groups is 1. The summed E-state index contributed by atoms with van der Waals surface area (Å²) in [4.78, 5) is 19.3. The van der Waals surface area contributed by atoms with Crippen molar-refractivity contribution in [1.29, 1.82) is 0 Å². The van der Waals surface area contributed by atoms with Gasteiger partial charge in [0.05, 0.1) is 10.3 Å². The zero-order valence-electron chi connectivity index (χ0n) is 27.0. The number of benzene rings is 2. The molecule has 0 fully saturated rings. The molecule has 2 aromatic carbocycles. The Balaban J connectivity index is 1.45. The lowest BCUT2D eigenvalue weighted by atomic mass is 9.75. The number of aliphatic hydroxyl groups is 1. The van der Waals surface area contributed by atoms with Gasteiger partial charge in [-0.1, -0.05) is 56.3 Å². The van der Waals surface area contributed by atoms with Crippen LogP contribution >= 0.6 is 23.5 Å². The fraction of sp³-hybridized carbons (Fsp3) is 0.417. The Labute approximate surface area is 278 Å². The van der Waals surface area contributed by atoms with Gasteiger partial charge in [0.25, 0.3) is 0 Å². The van der Waals surface area contributed by atoms with E-state index in [-0.39, 0.29) is 17.8 Å². The lowest BCUT2D eigenvalue weighted by molar-refractivity contribution is -0.00955. The zero-order valence-corrected chi connectivity index (χ0v) is 28.6. The third-order valence-corrected chi connectivity index (χ3v) is 11.7. The molecule has 1 aliphatic rings. The van der Waals surface area contributed by atoms with Gasteiger partial charge in [-0.05, 0) is 90.8 Å². The molecule has 242 valence electrons. The number of hydrogen-bond donors (Lipinski definition) is 2. The molecule has 0 saturated heterocycles. The molecule has 7 nitrogen and oxygen atoms in total. The van der Waals surface area contributed by atoms with E-state index in [0.29, 0.717) is 11.5 Å². The molecule has 3 aromatic heterocycles. The van der Waals surface area contributed by atoms with Crippen molar-refractivity contribution in [2.24, 2.45) is 12.5 Å². The van der Waals surface area contributed by atoms with Gasteiger partial charge in [-0.25, -0.2) is 9.67 Å². The third kappa shape index (κ3) is 6.85. The largest absolute Gasteiger partial charge is 0.396 e. The molecule has 0 aliphatic carbocycles. The first-order valence-electron chi connectivity index (χ1n) is 16.0. The van der Waals surface area contributed by atoms with Crippen LogP contribution in [0.3, 0.4) is 0 Å². The van der Waals surface area contributed by atoms with Crippen molar-refractivity contribution in [3.63, 3.8) is 0 Å². The van der Waals surface area contributed by atoms with Crippen molar-refractivity contribution < 1.29 is 14.6 Å². The Morgan fingerprint density at radius 3 is 2.80 bits per heavy atom. The summed E-state index contributed by atoms with van der Waals surface area (Å²) >= 11 is 3.44. The Kier molecular flexibility index (Phi) is 9.77. The van der Waals surface area contributed by atoms with Crippen LogP contribution in [-0.4, -0.2) is 48.0 Å². The van der Waals surface area contributed by atoms with Gasteiger partial charge in [0.1, 0.15) is 5.69 Å². The van der Waals surface area contributed by atoms with Crippen LogP contribution < -0.4 is 4.94 Å². The standard InChI is InChI=1S/C36H42FN5O2S2/c1-35(2)14-7-15-36(3,25-10-5-8-24(20-25)9-6-18-43)34-40-33(42(4)41-34)30-21-26(11-16-39-30)46-32-28(13-19-45-23-35)27-12-17-38-29(27)22-31(32)44-37/h5,8,10-12,16-17,20-22,38,43H,6-7,9,13-15,18-19,23H2,1-4H3/t36-/m1/s1. The molecule has 4 heterocycles. The number of aromatic nitrogens is 5. The number of hydrogen-bond acceptors (Lipinski definition) is 7. The van der Waals surface area contributed by atoms with Crippen LogP contribution in [0.2, 0.25) is 0 Å². The number of H-pyrrole nitrogens is 1. The van der Waals surface area contributed by atoms with E-state index in [4.69, 9.17) is 15.1 Å². The minimum atomic E-state index is -0.416. The summed E-state index contributed by atoms with van der Waals surface area (Å²) in [6.07, 6.45) is 9.02. The molecule has 0 amide bonds. The second kappa shape index (κ2) is 13.8. The lowest BCUT2D eigenvalue weighted by Gasteiger charge is -2.30. The van der Waals surface area contributed by atoms with E-state index < -0.39 is 5.41 Å². The average Bonchev–Trinajstić information content (AvgIpc) is 3.69. The van der Waals surface area contributed by atoms with Crippen molar-refractivity contribution in [2.75, 3.05) is 18.1 Å². The summed E-state index contributed by atoms with van der Waals surface area (Å²) in [6.45, 7) is 7.13. The monoisotopic (exact) mass is 659 g/mol. The van der Waals surface area contributed by atoms with Gasteiger partial charge in [-0.3, -0.25) is 9.93 Å². The van der Waals surface area contributed by atoms with Crippen LogP contribution in [0.4, 0.5) is 4.53 Å². The quantitative estimate of drug-likeness (QED) is 0.196. The van der Waals surface area contributed by atoms with E-state index in [1.165, 1.54) is 22.9 Å². The van der Waals surface area contributed by atoms with E-state index >= 15 is 0 Å². The van der Waals surface area contributed by atoms with Crippen LogP contribution in [-0.2, 0) is 25.3 Å². The Bertz CT molecular complexity index is 1820. The highest BCUT2D eigenvalue weighted by Gasteiger charge is 2.35. The van der Waals surface area contributed by atoms with Gasteiger partial charge >= 0.3 is 0 Å². The molecule has 0 radical (unpaired) electrons. The van der Waals surface area contributed by atoms with Crippen molar-refractivity contribution in [3.05, 3.63) is 83.4 Å². The zero-order chi connectivity index (χ0) is 32.3. The molecule has 5 aromatic rings. The SMILES string of the molecule is Cn1nc2nc1-c1cc(ccn1)Sc1c(OF)cc3[nH]ccc3c1CCSCC(C)(C)CCC[C@]2(C)c1cccc(CCCO)c1. The number of nitrogens with zero attached hydrogens (tertiary/aromatic N) is 4. The van der Waals surface area contributed by atoms with Gasteiger partial charge in [0, 0.05) is 52.4 Å². The number of aryl methyl sites for hydroxylation is 3. The molecular weight excluding hydrogens is 618 g/mol. The van der Waals surface area contributed by atoms with Crippen LogP contribution in [0.5, 0.6) is 5.75 Å². The van der Waals surface area contributed by atoms with Gasteiger partial charge in [0.2, 0.25) is 0 Å². The van der Waals surface area contributed by atoms with E-state index in [1.54, 1.807) is 12.3 Å². The molecule has 1 aliphatic heterocycles. The summed E-state index contributed by atoms with van der Waals surface area (Å²) in [6, 6.07) is 16.4. The summed E-state index contributed by atoms with van der Waals surface area (Å²) in [5.74, 6) is 3.61. The highest BCUT2D eigenvalue weighted by Crippen LogP contribution is 2.44. The second-order valence-corrected chi connectivity index (χ2v) is 15.4. The first-order chi connectivity index (χ1) is 22.2. The van der Waals surface area contributed by atoms with Crippen LogP contribution in [0, 0.1) is 5.41 Å². The highest BCUT2D eigenvalue weighted by atomic mass is 32.2. The van der Waals surface area contributed by atoms with Gasteiger partial charge in [0.15, 0.2) is 17.4 Å². The predicted octanol–water partition coefficient (Wildman–Crippen LogP) is 8.49. The molecule has 0 unspecified atom stereocenters. The van der Waals surface area contributed by atoms with Crippen LogP contribution in [0.25, 0.3) is 22.4 Å². The number of rotatable bonds is 5.